The van der Waals surface area contributed by atoms with Crippen LogP contribution in [0.2, 0.25) is 0 Å². The first-order valence-corrected chi connectivity index (χ1v) is 13.4. The van der Waals surface area contributed by atoms with E-state index in [4.69, 9.17) is 15.7 Å². The number of likely N-dealkylation sites (tertiary alicyclic amines) is 1. The Labute approximate surface area is 222 Å². The van der Waals surface area contributed by atoms with Crippen molar-refractivity contribution in [1.82, 2.24) is 29.7 Å². The van der Waals surface area contributed by atoms with E-state index >= 15 is 0 Å². The van der Waals surface area contributed by atoms with Gasteiger partial charge in [0.25, 0.3) is 0 Å². The number of benzene rings is 2. The quantitative estimate of drug-likeness (QED) is 0.356. The zero-order chi connectivity index (χ0) is 25.5. The predicted octanol–water partition coefficient (Wildman–Crippen LogP) is 4.92. The van der Waals surface area contributed by atoms with Crippen LogP contribution in [0.25, 0.3) is 39.5 Å². The standard InChI is InChI=1S/C31H31N7/c32-28-25(7-4-16-34-28)29-36-27-13-12-26(23-5-2-1-3-6-23)35-30(27)38(29)24-10-8-22(9-11-24)19-37-18-15-31(21-37)14-17-33-20-31/h1-13,16,33H,14-15,17-21H2,(H2,32,34)/t31-/m0/s1. The minimum atomic E-state index is 0.452. The lowest BCUT2D eigenvalue weighted by molar-refractivity contribution is 0.268. The summed E-state index contributed by atoms with van der Waals surface area (Å²) in [4.78, 5) is 17.0. The van der Waals surface area contributed by atoms with Gasteiger partial charge in [-0.05, 0) is 73.3 Å². The van der Waals surface area contributed by atoms with E-state index in [1.54, 1.807) is 6.20 Å². The summed E-state index contributed by atoms with van der Waals surface area (Å²) in [5.41, 5.74) is 13.5. The normalized spacial score (nSPS) is 19.6. The molecule has 5 heterocycles. The number of aromatic nitrogens is 4. The molecule has 2 aliphatic heterocycles. The van der Waals surface area contributed by atoms with Gasteiger partial charge in [-0.15, -0.1) is 0 Å². The molecule has 1 spiro atoms. The number of fused-ring (bicyclic) bond motifs is 1. The number of imidazole rings is 1. The third-order valence-corrected chi connectivity index (χ3v) is 8.10. The van der Waals surface area contributed by atoms with E-state index in [9.17, 15) is 0 Å². The molecule has 190 valence electrons. The van der Waals surface area contributed by atoms with Crippen molar-refractivity contribution in [3.05, 3.63) is 90.6 Å². The van der Waals surface area contributed by atoms with Crippen molar-refractivity contribution in [1.29, 1.82) is 0 Å². The highest BCUT2D eigenvalue weighted by Gasteiger charge is 2.40. The maximum Gasteiger partial charge on any atom is 0.165 e. The summed E-state index contributed by atoms with van der Waals surface area (Å²) in [7, 11) is 0. The highest BCUT2D eigenvalue weighted by atomic mass is 15.2. The van der Waals surface area contributed by atoms with Crippen LogP contribution < -0.4 is 11.1 Å². The smallest absolute Gasteiger partial charge is 0.165 e. The molecule has 7 heteroatoms. The first-order valence-electron chi connectivity index (χ1n) is 13.4. The molecule has 2 aromatic carbocycles. The van der Waals surface area contributed by atoms with Crippen LogP contribution in [-0.2, 0) is 6.54 Å². The zero-order valence-corrected chi connectivity index (χ0v) is 21.3. The third kappa shape index (κ3) is 4.14. The van der Waals surface area contributed by atoms with Crippen molar-refractivity contribution >= 4 is 17.0 Å². The van der Waals surface area contributed by atoms with Gasteiger partial charge in [-0.25, -0.2) is 15.0 Å². The molecular formula is C31H31N7. The first kappa shape index (κ1) is 23.1. The molecule has 2 saturated heterocycles. The Bertz CT molecular complexity index is 1580. The van der Waals surface area contributed by atoms with E-state index in [0.29, 0.717) is 11.2 Å². The minimum Gasteiger partial charge on any atom is -0.383 e. The number of rotatable bonds is 5. The molecule has 1 atom stereocenters. The number of nitrogen functional groups attached to an aromatic ring is 1. The summed E-state index contributed by atoms with van der Waals surface area (Å²) < 4.78 is 2.11. The Kier molecular flexibility index (Phi) is 5.68. The van der Waals surface area contributed by atoms with Crippen LogP contribution in [0, 0.1) is 5.41 Å². The fourth-order valence-electron chi connectivity index (χ4n) is 6.07. The molecule has 0 bridgehead atoms. The Morgan fingerprint density at radius 2 is 1.76 bits per heavy atom. The fourth-order valence-corrected chi connectivity index (χ4v) is 6.07. The average Bonchev–Trinajstić information content (AvgIpc) is 3.68. The van der Waals surface area contributed by atoms with Gasteiger partial charge in [0.05, 0.1) is 11.3 Å². The summed E-state index contributed by atoms with van der Waals surface area (Å²) in [6, 6.07) is 27.0. The molecule has 0 saturated carbocycles. The maximum atomic E-state index is 6.31. The van der Waals surface area contributed by atoms with Crippen LogP contribution in [0.3, 0.4) is 0 Å². The second-order valence-electron chi connectivity index (χ2n) is 10.7. The van der Waals surface area contributed by atoms with Crippen LogP contribution in [-0.4, -0.2) is 50.6 Å². The highest BCUT2D eigenvalue weighted by molar-refractivity contribution is 5.84. The fraction of sp³-hybridized carbons (Fsp3) is 0.258. The SMILES string of the molecule is Nc1ncccc1-c1nc2ccc(-c3ccccc3)nc2n1-c1ccc(CN2CC[C@]3(CCNC3)C2)cc1. The lowest BCUT2D eigenvalue weighted by Gasteiger charge is -2.23. The van der Waals surface area contributed by atoms with Crippen molar-refractivity contribution in [3.8, 4) is 28.3 Å². The largest absolute Gasteiger partial charge is 0.383 e. The molecule has 0 radical (unpaired) electrons. The van der Waals surface area contributed by atoms with E-state index in [1.165, 1.54) is 31.5 Å². The van der Waals surface area contributed by atoms with E-state index in [2.05, 4.69) is 56.2 Å². The van der Waals surface area contributed by atoms with Crippen molar-refractivity contribution in [3.63, 3.8) is 0 Å². The van der Waals surface area contributed by atoms with Crippen LogP contribution in [0.5, 0.6) is 0 Å². The number of nitrogens with zero attached hydrogens (tertiary/aromatic N) is 5. The molecule has 38 heavy (non-hydrogen) atoms. The minimum absolute atomic E-state index is 0.452. The Balaban J connectivity index is 1.27. The number of pyridine rings is 2. The van der Waals surface area contributed by atoms with E-state index < -0.39 is 0 Å². The van der Waals surface area contributed by atoms with Gasteiger partial charge in [0.1, 0.15) is 11.3 Å². The summed E-state index contributed by atoms with van der Waals surface area (Å²) >= 11 is 0. The molecule has 5 aromatic rings. The van der Waals surface area contributed by atoms with Crippen molar-refractivity contribution < 1.29 is 0 Å². The van der Waals surface area contributed by atoms with Gasteiger partial charge in [0.2, 0.25) is 0 Å². The molecule has 3 N–H and O–H groups in total. The number of hydrogen-bond acceptors (Lipinski definition) is 6. The van der Waals surface area contributed by atoms with Crippen molar-refractivity contribution in [2.75, 3.05) is 31.9 Å². The van der Waals surface area contributed by atoms with Gasteiger partial charge >= 0.3 is 0 Å². The van der Waals surface area contributed by atoms with E-state index in [0.717, 1.165) is 59.1 Å². The molecule has 7 rings (SSSR count). The molecule has 0 unspecified atom stereocenters. The number of nitrogens with two attached hydrogens (primary N) is 1. The van der Waals surface area contributed by atoms with Crippen LogP contribution in [0.1, 0.15) is 18.4 Å². The van der Waals surface area contributed by atoms with Gasteiger partial charge in [-0.1, -0.05) is 42.5 Å². The lowest BCUT2D eigenvalue weighted by atomic mass is 9.86. The summed E-state index contributed by atoms with van der Waals surface area (Å²) in [5, 5.41) is 3.56. The maximum absolute atomic E-state index is 6.31. The molecule has 2 aliphatic rings. The molecule has 3 aromatic heterocycles. The van der Waals surface area contributed by atoms with E-state index in [-0.39, 0.29) is 0 Å². The highest BCUT2D eigenvalue weighted by Crippen LogP contribution is 2.37. The molecule has 2 fully saturated rings. The molecule has 7 nitrogen and oxygen atoms in total. The summed E-state index contributed by atoms with van der Waals surface area (Å²) in [6.07, 6.45) is 4.30. The Hall–Kier alpha value is -4.07. The average molecular weight is 502 g/mol. The zero-order valence-electron chi connectivity index (χ0n) is 21.3. The third-order valence-electron chi connectivity index (χ3n) is 8.10. The first-order chi connectivity index (χ1) is 18.7. The number of nitrogens with one attached hydrogen (secondary N) is 1. The van der Waals surface area contributed by atoms with Gasteiger partial charge in [0, 0.05) is 37.1 Å². The number of hydrogen-bond donors (Lipinski definition) is 2. The lowest BCUT2D eigenvalue weighted by Crippen LogP contribution is -2.28. The van der Waals surface area contributed by atoms with Gasteiger partial charge in [0.15, 0.2) is 11.5 Å². The Morgan fingerprint density at radius 1 is 0.895 bits per heavy atom. The van der Waals surface area contributed by atoms with Gasteiger partial charge < -0.3 is 11.1 Å². The Morgan fingerprint density at radius 3 is 2.55 bits per heavy atom. The van der Waals surface area contributed by atoms with E-state index in [1.807, 2.05) is 42.5 Å². The predicted molar refractivity (Wildman–Crippen MR) is 152 cm³/mol. The molecular weight excluding hydrogens is 470 g/mol. The summed E-state index contributed by atoms with van der Waals surface area (Å²) in [6.45, 7) is 5.65. The topological polar surface area (TPSA) is 84.9 Å². The van der Waals surface area contributed by atoms with Crippen LogP contribution in [0.4, 0.5) is 5.82 Å². The van der Waals surface area contributed by atoms with Crippen LogP contribution >= 0.6 is 0 Å². The molecule has 0 amide bonds. The second-order valence-corrected chi connectivity index (χ2v) is 10.7. The van der Waals surface area contributed by atoms with Gasteiger partial charge in [-0.2, -0.15) is 0 Å². The molecule has 0 aliphatic carbocycles. The van der Waals surface area contributed by atoms with Crippen LogP contribution in [0.15, 0.2) is 85.1 Å². The van der Waals surface area contributed by atoms with Gasteiger partial charge in [-0.3, -0.25) is 9.47 Å². The second kappa shape index (κ2) is 9.35. The summed E-state index contributed by atoms with van der Waals surface area (Å²) in [5.74, 6) is 1.19. The van der Waals surface area contributed by atoms with Crippen molar-refractivity contribution in [2.45, 2.75) is 19.4 Å². The monoisotopic (exact) mass is 501 g/mol. The number of anilines is 1. The van der Waals surface area contributed by atoms with Crippen molar-refractivity contribution in [2.24, 2.45) is 5.41 Å².